The van der Waals surface area contributed by atoms with Crippen molar-refractivity contribution < 1.29 is 4.79 Å². The van der Waals surface area contributed by atoms with Crippen LogP contribution in [0, 0.1) is 0 Å². The minimum atomic E-state index is -0.432. The minimum Gasteiger partial charge on any atom is -0.346 e. The Kier molecular flexibility index (Phi) is 4.79. The number of hydrogen-bond acceptors (Lipinski definition) is 5. The van der Waals surface area contributed by atoms with E-state index in [4.69, 9.17) is 0 Å². The Hall–Kier alpha value is -2.54. The van der Waals surface area contributed by atoms with E-state index < -0.39 is 5.91 Å². The monoisotopic (exact) mass is 368 g/mol. The van der Waals surface area contributed by atoms with Gasteiger partial charge in [0.2, 0.25) is 0 Å². The van der Waals surface area contributed by atoms with Crippen molar-refractivity contribution >= 4 is 28.4 Å². The first kappa shape index (κ1) is 16.9. The van der Waals surface area contributed by atoms with Crippen LogP contribution in [0.1, 0.15) is 53.5 Å². The van der Waals surface area contributed by atoms with Gasteiger partial charge in [-0.25, -0.2) is 9.97 Å². The Morgan fingerprint density at radius 1 is 1.23 bits per heavy atom. The first-order valence-electron chi connectivity index (χ1n) is 8.92. The van der Waals surface area contributed by atoms with Crippen molar-refractivity contribution in [2.75, 3.05) is 0 Å². The molecule has 1 amide bonds. The van der Waals surface area contributed by atoms with Crippen LogP contribution in [0.5, 0.6) is 0 Å². The second-order valence-corrected chi connectivity index (χ2v) is 7.57. The molecule has 0 aromatic carbocycles. The summed E-state index contributed by atoms with van der Waals surface area (Å²) in [6.07, 6.45) is 6.91. The van der Waals surface area contributed by atoms with Crippen molar-refractivity contribution in [3.05, 3.63) is 56.8 Å². The average Bonchev–Trinajstić information content (AvgIpc) is 3.20. The maximum Gasteiger partial charge on any atom is 0.284 e. The summed E-state index contributed by atoms with van der Waals surface area (Å²) in [5.41, 5.74) is 0.762. The number of nitrogens with zero attached hydrogens (tertiary/aromatic N) is 3. The van der Waals surface area contributed by atoms with E-state index in [0.29, 0.717) is 17.7 Å². The van der Waals surface area contributed by atoms with Gasteiger partial charge in [-0.15, -0.1) is 11.3 Å². The third kappa shape index (κ3) is 3.26. The van der Waals surface area contributed by atoms with Crippen molar-refractivity contribution in [3.8, 4) is 0 Å². The summed E-state index contributed by atoms with van der Waals surface area (Å²) in [6, 6.07) is 7.54. The van der Waals surface area contributed by atoms with Gasteiger partial charge in [0.25, 0.3) is 11.5 Å². The molecule has 6 nitrogen and oxygen atoms in total. The summed E-state index contributed by atoms with van der Waals surface area (Å²) < 4.78 is 1.70. The van der Waals surface area contributed by atoms with Gasteiger partial charge in [-0.2, -0.15) is 0 Å². The lowest BCUT2D eigenvalue weighted by Gasteiger charge is -2.25. The SMILES string of the molecule is O=C(NCc1cccs1)c1nc2cccnc2n(C2CCCCC2)c1=O. The number of aromatic nitrogens is 3. The molecule has 0 radical (unpaired) electrons. The van der Waals surface area contributed by atoms with Gasteiger partial charge < -0.3 is 5.32 Å². The highest BCUT2D eigenvalue weighted by molar-refractivity contribution is 7.09. The largest absolute Gasteiger partial charge is 0.346 e. The molecule has 1 saturated carbocycles. The number of rotatable bonds is 4. The molecule has 1 aliphatic carbocycles. The molecular weight excluding hydrogens is 348 g/mol. The average molecular weight is 368 g/mol. The van der Waals surface area contributed by atoms with Crippen molar-refractivity contribution in [2.45, 2.75) is 44.7 Å². The summed E-state index contributed by atoms with van der Waals surface area (Å²) >= 11 is 1.56. The molecule has 0 atom stereocenters. The number of pyridine rings is 1. The van der Waals surface area contributed by atoms with Crippen molar-refractivity contribution in [1.29, 1.82) is 0 Å². The molecule has 7 heteroatoms. The first-order valence-corrected chi connectivity index (χ1v) is 9.80. The number of fused-ring (bicyclic) bond motifs is 1. The lowest BCUT2D eigenvalue weighted by molar-refractivity contribution is 0.0944. The number of amides is 1. The molecule has 1 N–H and O–H groups in total. The highest BCUT2D eigenvalue weighted by atomic mass is 32.1. The normalized spacial score (nSPS) is 15.2. The van der Waals surface area contributed by atoms with Gasteiger partial charge in [-0.1, -0.05) is 25.3 Å². The van der Waals surface area contributed by atoms with E-state index in [1.807, 2.05) is 17.5 Å². The van der Waals surface area contributed by atoms with Crippen LogP contribution in [0.3, 0.4) is 0 Å². The molecule has 3 aromatic heterocycles. The number of carbonyl (C=O) groups is 1. The fourth-order valence-corrected chi connectivity index (χ4v) is 4.17. The van der Waals surface area contributed by atoms with Gasteiger partial charge in [-0.3, -0.25) is 14.2 Å². The van der Waals surface area contributed by atoms with Crippen molar-refractivity contribution in [2.24, 2.45) is 0 Å². The lowest BCUT2D eigenvalue weighted by Crippen LogP contribution is -2.36. The Balaban J connectivity index is 1.73. The minimum absolute atomic E-state index is 0.0485. The van der Waals surface area contributed by atoms with E-state index in [1.54, 1.807) is 34.2 Å². The Morgan fingerprint density at radius 3 is 2.85 bits per heavy atom. The van der Waals surface area contributed by atoms with E-state index in [2.05, 4.69) is 15.3 Å². The molecule has 1 fully saturated rings. The van der Waals surface area contributed by atoms with Crippen LogP contribution in [-0.4, -0.2) is 20.4 Å². The summed E-state index contributed by atoms with van der Waals surface area (Å²) in [6.45, 7) is 0.395. The fourth-order valence-electron chi connectivity index (χ4n) is 3.53. The predicted octanol–water partition coefficient (Wildman–Crippen LogP) is 3.29. The molecule has 3 aromatic rings. The molecule has 1 aliphatic rings. The maximum absolute atomic E-state index is 13.1. The zero-order chi connectivity index (χ0) is 17.9. The van der Waals surface area contributed by atoms with Crippen LogP contribution in [0.25, 0.3) is 11.2 Å². The summed E-state index contributed by atoms with van der Waals surface area (Å²) in [5, 5.41) is 4.77. The highest BCUT2D eigenvalue weighted by Gasteiger charge is 2.24. The number of carbonyl (C=O) groups excluding carboxylic acids is 1. The summed E-state index contributed by atoms with van der Waals surface area (Å²) in [4.78, 5) is 35.5. The van der Waals surface area contributed by atoms with Crippen LogP contribution >= 0.6 is 11.3 Å². The number of nitrogens with one attached hydrogen (secondary N) is 1. The zero-order valence-corrected chi connectivity index (χ0v) is 15.2. The van der Waals surface area contributed by atoms with Gasteiger partial charge in [0.15, 0.2) is 11.3 Å². The van der Waals surface area contributed by atoms with Crippen molar-refractivity contribution in [3.63, 3.8) is 0 Å². The summed E-state index contributed by atoms with van der Waals surface area (Å²) in [5.74, 6) is -0.432. The Morgan fingerprint density at radius 2 is 2.08 bits per heavy atom. The van der Waals surface area contributed by atoms with E-state index in [0.717, 1.165) is 30.6 Å². The van der Waals surface area contributed by atoms with E-state index in [1.165, 1.54) is 6.42 Å². The lowest BCUT2D eigenvalue weighted by atomic mass is 9.95. The molecule has 0 bridgehead atoms. The fraction of sp³-hybridized carbons (Fsp3) is 0.368. The standard InChI is InChI=1S/C19H20N4O2S/c24-18(21-12-14-8-5-11-26-14)16-19(25)23(13-6-2-1-3-7-13)17-15(22-16)9-4-10-20-17/h4-5,8-11,13H,1-3,6-7,12H2,(H,21,24). The predicted molar refractivity (Wildman–Crippen MR) is 101 cm³/mol. The van der Waals surface area contributed by atoms with Gasteiger partial charge in [0.05, 0.1) is 6.54 Å². The van der Waals surface area contributed by atoms with Gasteiger partial charge >= 0.3 is 0 Å². The second-order valence-electron chi connectivity index (χ2n) is 6.54. The van der Waals surface area contributed by atoms with Crippen LogP contribution < -0.4 is 10.9 Å². The second kappa shape index (κ2) is 7.37. The van der Waals surface area contributed by atoms with Gasteiger partial charge in [0.1, 0.15) is 5.52 Å². The van der Waals surface area contributed by atoms with Crippen molar-refractivity contribution in [1.82, 2.24) is 19.9 Å². The number of hydrogen-bond donors (Lipinski definition) is 1. The third-order valence-corrected chi connectivity index (χ3v) is 5.68. The smallest absolute Gasteiger partial charge is 0.284 e. The summed E-state index contributed by atoms with van der Waals surface area (Å²) in [7, 11) is 0. The quantitative estimate of drug-likeness (QED) is 0.767. The number of thiophene rings is 1. The highest BCUT2D eigenvalue weighted by Crippen LogP contribution is 2.28. The topological polar surface area (TPSA) is 76.9 Å². The zero-order valence-electron chi connectivity index (χ0n) is 14.4. The molecule has 4 rings (SSSR count). The maximum atomic E-state index is 13.1. The molecule has 26 heavy (non-hydrogen) atoms. The first-order chi connectivity index (χ1) is 12.7. The molecule has 3 heterocycles. The van der Waals surface area contributed by atoms with Crippen LogP contribution in [-0.2, 0) is 6.54 Å². The van der Waals surface area contributed by atoms with Gasteiger partial charge in [0, 0.05) is 17.1 Å². The Labute approximate surface area is 154 Å². The molecule has 0 unspecified atom stereocenters. The molecule has 0 saturated heterocycles. The molecular formula is C19H20N4O2S. The molecule has 134 valence electrons. The van der Waals surface area contributed by atoms with E-state index in [9.17, 15) is 9.59 Å². The Bertz CT molecular complexity index is 975. The van der Waals surface area contributed by atoms with Crippen LogP contribution in [0.15, 0.2) is 40.6 Å². The van der Waals surface area contributed by atoms with E-state index in [-0.39, 0.29) is 17.3 Å². The molecule has 0 spiro atoms. The third-order valence-electron chi connectivity index (χ3n) is 4.81. The van der Waals surface area contributed by atoms with Crippen LogP contribution in [0.2, 0.25) is 0 Å². The van der Waals surface area contributed by atoms with Gasteiger partial charge in [-0.05, 0) is 36.4 Å². The van der Waals surface area contributed by atoms with E-state index >= 15 is 0 Å². The molecule has 0 aliphatic heterocycles. The van der Waals surface area contributed by atoms with Crippen LogP contribution in [0.4, 0.5) is 0 Å².